The number of benzene rings is 1. The fourth-order valence-corrected chi connectivity index (χ4v) is 4.68. The van der Waals surface area contributed by atoms with Gasteiger partial charge in [-0.1, -0.05) is 17.7 Å². The molecule has 0 aromatic heterocycles. The van der Waals surface area contributed by atoms with Gasteiger partial charge in [-0.3, -0.25) is 0 Å². The zero-order valence-electron chi connectivity index (χ0n) is 10.5. The lowest BCUT2D eigenvalue weighted by Gasteiger charge is -2.07. The molecule has 108 valence electrons. The van der Waals surface area contributed by atoms with Gasteiger partial charge >= 0.3 is 0 Å². The van der Waals surface area contributed by atoms with E-state index >= 15 is 0 Å². The van der Waals surface area contributed by atoms with Gasteiger partial charge in [-0.15, -0.1) is 15.7 Å². The number of hydrogen-bond acceptors (Lipinski definition) is 4. The van der Waals surface area contributed by atoms with Gasteiger partial charge in [0.1, 0.15) is 0 Å². The van der Waals surface area contributed by atoms with Crippen LogP contribution in [0.25, 0.3) is 0 Å². The number of alkyl halides is 1. The normalized spacial score (nSPS) is 12.5. The van der Waals surface area contributed by atoms with Crippen molar-refractivity contribution in [3.8, 4) is 0 Å². The summed E-state index contributed by atoms with van der Waals surface area (Å²) in [4.78, 5) is -0.0704. The first-order valence-electron chi connectivity index (χ1n) is 5.66. The highest BCUT2D eigenvalue weighted by atomic mass is 35.5. The van der Waals surface area contributed by atoms with Crippen LogP contribution >= 0.6 is 11.6 Å². The maximum atomic E-state index is 11.9. The lowest BCUT2D eigenvalue weighted by molar-refractivity contribution is 0.575. The fourth-order valence-electron chi connectivity index (χ4n) is 1.36. The summed E-state index contributed by atoms with van der Waals surface area (Å²) < 4.78 is 48.7. The van der Waals surface area contributed by atoms with Crippen LogP contribution in [0, 0.1) is 6.92 Å². The summed E-state index contributed by atoms with van der Waals surface area (Å²) in [5.41, 5.74) is 0.893. The van der Waals surface area contributed by atoms with Gasteiger partial charge in [0.05, 0.1) is 10.6 Å². The second kappa shape index (κ2) is 6.69. The summed E-state index contributed by atoms with van der Waals surface area (Å²) in [7, 11) is -7.91. The van der Waals surface area contributed by atoms with E-state index in [0.29, 0.717) is 18.7 Å². The topological polar surface area (TPSA) is 80.3 Å². The first-order chi connectivity index (χ1) is 8.77. The molecule has 0 radical (unpaired) electrons. The molecule has 0 aliphatic carbocycles. The average molecular weight is 326 g/mol. The van der Waals surface area contributed by atoms with Gasteiger partial charge in [-0.25, -0.2) is 16.8 Å². The minimum atomic E-state index is -4.04. The van der Waals surface area contributed by atoms with E-state index in [2.05, 4.69) is 0 Å². The summed E-state index contributed by atoms with van der Waals surface area (Å²) in [6.07, 6.45) is 0.843. The molecule has 0 fully saturated rings. The molecule has 1 aromatic rings. The maximum Gasteiger partial charge on any atom is 0.253 e. The van der Waals surface area contributed by atoms with Gasteiger partial charge in [0.25, 0.3) is 10.0 Å². The number of rotatable bonds is 7. The molecule has 8 heteroatoms. The van der Waals surface area contributed by atoms with Gasteiger partial charge < -0.3 is 0 Å². The third kappa shape index (κ3) is 5.48. The van der Waals surface area contributed by atoms with Crippen LogP contribution in [-0.2, 0) is 20.0 Å². The molecule has 1 N–H and O–H groups in total. The van der Waals surface area contributed by atoms with Crippen molar-refractivity contribution >= 4 is 31.6 Å². The van der Waals surface area contributed by atoms with Crippen LogP contribution in [0.15, 0.2) is 29.2 Å². The second-order valence-corrected chi connectivity index (χ2v) is 8.28. The third-order valence-corrected chi connectivity index (χ3v) is 6.24. The zero-order chi connectivity index (χ0) is 14.5. The van der Waals surface area contributed by atoms with Crippen molar-refractivity contribution in [2.24, 2.45) is 0 Å². The van der Waals surface area contributed by atoms with Crippen LogP contribution in [0.5, 0.6) is 0 Å². The number of nitrogens with one attached hydrogen (secondary N) is 1. The molecule has 0 amide bonds. The Morgan fingerprint density at radius 1 is 1.05 bits per heavy atom. The number of halogens is 1. The van der Waals surface area contributed by atoms with Crippen molar-refractivity contribution in [2.75, 3.05) is 11.6 Å². The number of hydrogen-bond donors (Lipinski definition) is 1. The van der Waals surface area contributed by atoms with Crippen molar-refractivity contribution in [1.82, 2.24) is 4.13 Å². The lowest BCUT2D eigenvalue weighted by atomic mass is 10.2. The standard InChI is InChI=1S/C11H16ClNO4S2/c1-10-4-6-11(7-5-10)19(16,17)13-18(14,15)9-3-2-8-12/h4-7,13H,2-3,8-9H2,1H3. The molecule has 0 saturated heterocycles. The Morgan fingerprint density at radius 3 is 2.16 bits per heavy atom. The Balaban J connectivity index is 2.82. The van der Waals surface area contributed by atoms with Gasteiger partial charge in [-0.05, 0) is 31.9 Å². The first-order valence-corrected chi connectivity index (χ1v) is 9.33. The lowest BCUT2D eigenvalue weighted by Crippen LogP contribution is -2.32. The molecule has 1 aromatic carbocycles. The van der Waals surface area contributed by atoms with E-state index in [4.69, 9.17) is 11.6 Å². The maximum absolute atomic E-state index is 11.9. The largest absolute Gasteiger partial charge is 0.253 e. The second-order valence-electron chi connectivity index (χ2n) is 4.11. The van der Waals surface area contributed by atoms with Crippen molar-refractivity contribution in [3.05, 3.63) is 29.8 Å². The minimum absolute atomic E-state index is 0.0704. The van der Waals surface area contributed by atoms with Crippen molar-refractivity contribution in [2.45, 2.75) is 24.7 Å². The molecule has 0 saturated carbocycles. The van der Waals surface area contributed by atoms with Crippen LogP contribution < -0.4 is 4.13 Å². The molecule has 1 rings (SSSR count). The smallest absolute Gasteiger partial charge is 0.211 e. The summed E-state index contributed by atoms with van der Waals surface area (Å²) in [6.45, 7) is 1.81. The van der Waals surface area contributed by atoms with Gasteiger partial charge in [-0.2, -0.15) is 0 Å². The molecule has 0 spiro atoms. The number of unbranched alkanes of at least 4 members (excludes halogenated alkanes) is 1. The first kappa shape index (κ1) is 16.4. The fraction of sp³-hybridized carbons (Fsp3) is 0.455. The Bertz CT molecular complexity index is 609. The van der Waals surface area contributed by atoms with Crippen LogP contribution in [0.1, 0.15) is 18.4 Å². The van der Waals surface area contributed by atoms with Gasteiger partial charge in [0.15, 0.2) is 0 Å². The third-order valence-electron chi connectivity index (χ3n) is 2.36. The van der Waals surface area contributed by atoms with E-state index in [1.54, 1.807) is 16.3 Å². The van der Waals surface area contributed by atoms with E-state index < -0.39 is 20.0 Å². The van der Waals surface area contributed by atoms with Gasteiger partial charge in [0.2, 0.25) is 10.0 Å². The number of sulfonamides is 2. The van der Waals surface area contributed by atoms with E-state index in [0.717, 1.165) is 5.56 Å². The Labute approximate surface area is 119 Å². The summed E-state index contributed by atoms with van der Waals surface area (Å²) in [6, 6.07) is 5.95. The predicted molar refractivity (Wildman–Crippen MR) is 75.2 cm³/mol. The van der Waals surface area contributed by atoms with Crippen molar-refractivity contribution < 1.29 is 16.8 Å². The van der Waals surface area contributed by atoms with Crippen LogP contribution in [-0.4, -0.2) is 28.5 Å². The molecule has 0 aliphatic heterocycles. The SMILES string of the molecule is Cc1ccc(S(=O)(=O)NS(=O)(=O)CCCCCl)cc1. The van der Waals surface area contributed by atoms with Crippen LogP contribution in [0.2, 0.25) is 0 Å². The molecule has 5 nitrogen and oxygen atoms in total. The van der Waals surface area contributed by atoms with Gasteiger partial charge in [0, 0.05) is 5.88 Å². The molecular weight excluding hydrogens is 310 g/mol. The van der Waals surface area contributed by atoms with Crippen LogP contribution in [0.4, 0.5) is 0 Å². The van der Waals surface area contributed by atoms with E-state index in [1.807, 2.05) is 6.92 Å². The Morgan fingerprint density at radius 2 is 1.63 bits per heavy atom. The highest BCUT2D eigenvalue weighted by Gasteiger charge is 2.22. The Kier molecular flexibility index (Phi) is 5.79. The summed E-state index contributed by atoms with van der Waals surface area (Å²) >= 11 is 5.44. The average Bonchev–Trinajstić information content (AvgIpc) is 2.28. The van der Waals surface area contributed by atoms with E-state index in [9.17, 15) is 16.8 Å². The summed E-state index contributed by atoms with van der Waals surface area (Å²) in [5, 5.41) is 0. The molecular formula is C11H16ClNO4S2. The summed E-state index contributed by atoms with van der Waals surface area (Å²) in [5.74, 6) is 0.0883. The van der Waals surface area contributed by atoms with E-state index in [1.165, 1.54) is 12.1 Å². The van der Waals surface area contributed by atoms with Crippen LogP contribution in [0.3, 0.4) is 0 Å². The zero-order valence-corrected chi connectivity index (χ0v) is 12.9. The monoisotopic (exact) mass is 325 g/mol. The molecule has 0 unspecified atom stereocenters. The highest BCUT2D eigenvalue weighted by molar-refractivity contribution is 8.04. The number of aryl methyl sites for hydroxylation is 1. The molecule has 19 heavy (non-hydrogen) atoms. The van der Waals surface area contributed by atoms with Crippen molar-refractivity contribution in [1.29, 1.82) is 0 Å². The predicted octanol–water partition coefficient (Wildman–Crippen LogP) is 1.62. The highest BCUT2D eigenvalue weighted by Crippen LogP contribution is 2.11. The molecule has 0 atom stereocenters. The Hall–Kier alpha value is -0.630. The molecule has 0 bridgehead atoms. The quantitative estimate of drug-likeness (QED) is 0.610. The minimum Gasteiger partial charge on any atom is -0.211 e. The van der Waals surface area contributed by atoms with E-state index in [-0.39, 0.29) is 10.6 Å². The van der Waals surface area contributed by atoms with Crippen molar-refractivity contribution in [3.63, 3.8) is 0 Å². The molecule has 0 aliphatic rings. The molecule has 0 heterocycles.